The Balaban J connectivity index is 2.88. The fourth-order valence-electron chi connectivity index (χ4n) is 1.51. The van der Waals surface area contributed by atoms with Crippen LogP contribution in [0.25, 0.3) is 5.57 Å². The lowest BCUT2D eigenvalue weighted by molar-refractivity contribution is 0.780. The zero-order chi connectivity index (χ0) is 11.1. The molecule has 4 N–H and O–H groups in total. The molecular weight excluding hydrogens is 184 g/mol. The summed E-state index contributed by atoms with van der Waals surface area (Å²) in [5.41, 5.74) is 14.0. The highest BCUT2D eigenvalue weighted by Gasteiger charge is 2.02. The molecule has 2 nitrogen and oxygen atoms in total. The molecule has 0 amide bonds. The molecule has 2 heteroatoms. The maximum absolute atomic E-state index is 5.92. The summed E-state index contributed by atoms with van der Waals surface area (Å²) in [4.78, 5) is 0. The molecule has 0 fully saturated rings. The molecule has 0 spiro atoms. The smallest absolute Gasteiger partial charge is 0.0226 e. The highest BCUT2D eigenvalue weighted by molar-refractivity contribution is 5.66. The van der Waals surface area contributed by atoms with Crippen LogP contribution in [-0.2, 0) is 0 Å². The minimum Gasteiger partial charge on any atom is -0.330 e. The number of hydrogen-bond acceptors (Lipinski definition) is 2. The molecule has 15 heavy (non-hydrogen) atoms. The molecule has 82 valence electrons. The van der Waals surface area contributed by atoms with Gasteiger partial charge in [-0.25, -0.2) is 0 Å². The molecule has 1 aromatic carbocycles. The van der Waals surface area contributed by atoms with Crippen molar-refractivity contribution in [1.29, 1.82) is 0 Å². The van der Waals surface area contributed by atoms with Gasteiger partial charge in [0.1, 0.15) is 0 Å². The van der Waals surface area contributed by atoms with Gasteiger partial charge < -0.3 is 11.5 Å². The van der Waals surface area contributed by atoms with E-state index in [-0.39, 0.29) is 6.04 Å². The Bertz CT molecular complexity index is 304. The second-order valence-electron chi connectivity index (χ2n) is 3.67. The van der Waals surface area contributed by atoms with Crippen molar-refractivity contribution < 1.29 is 0 Å². The van der Waals surface area contributed by atoms with Gasteiger partial charge in [-0.1, -0.05) is 43.3 Å². The Morgan fingerprint density at radius 1 is 1.33 bits per heavy atom. The van der Waals surface area contributed by atoms with E-state index in [0.717, 1.165) is 12.8 Å². The first-order valence-corrected chi connectivity index (χ1v) is 5.49. The second kappa shape index (κ2) is 6.38. The second-order valence-corrected chi connectivity index (χ2v) is 3.67. The summed E-state index contributed by atoms with van der Waals surface area (Å²) in [7, 11) is 0. The molecule has 0 aromatic heterocycles. The third-order valence-electron chi connectivity index (χ3n) is 2.44. The Morgan fingerprint density at radius 3 is 2.53 bits per heavy atom. The molecule has 0 aliphatic carbocycles. The van der Waals surface area contributed by atoms with Crippen molar-refractivity contribution in [3.8, 4) is 0 Å². The van der Waals surface area contributed by atoms with Crippen LogP contribution in [0.1, 0.15) is 25.3 Å². The molecule has 0 bridgehead atoms. The van der Waals surface area contributed by atoms with Gasteiger partial charge >= 0.3 is 0 Å². The minimum absolute atomic E-state index is 0.131. The van der Waals surface area contributed by atoms with Crippen molar-refractivity contribution in [2.24, 2.45) is 11.5 Å². The molecule has 0 saturated heterocycles. The van der Waals surface area contributed by atoms with Gasteiger partial charge in [0, 0.05) is 6.04 Å². The van der Waals surface area contributed by atoms with Crippen LogP contribution in [0.3, 0.4) is 0 Å². The van der Waals surface area contributed by atoms with Gasteiger partial charge in [-0.3, -0.25) is 0 Å². The Kier molecular flexibility index (Phi) is 5.08. The van der Waals surface area contributed by atoms with Crippen LogP contribution >= 0.6 is 0 Å². The van der Waals surface area contributed by atoms with Crippen LogP contribution in [0.5, 0.6) is 0 Å². The Labute approximate surface area is 92.0 Å². The van der Waals surface area contributed by atoms with E-state index in [1.54, 1.807) is 0 Å². The summed E-state index contributed by atoms with van der Waals surface area (Å²) >= 11 is 0. The van der Waals surface area contributed by atoms with Gasteiger partial charge in [-0.15, -0.1) is 0 Å². The summed E-state index contributed by atoms with van der Waals surface area (Å²) in [5.74, 6) is 0. The maximum atomic E-state index is 5.92. The van der Waals surface area contributed by atoms with Gasteiger partial charge in [-0.2, -0.15) is 0 Å². The van der Waals surface area contributed by atoms with Gasteiger partial charge in [0.05, 0.1) is 0 Å². The van der Waals surface area contributed by atoms with Crippen LogP contribution in [0.15, 0.2) is 36.4 Å². The highest BCUT2D eigenvalue weighted by atomic mass is 14.6. The van der Waals surface area contributed by atoms with Gasteiger partial charge in [-0.05, 0) is 30.5 Å². The molecule has 1 atom stereocenters. The number of nitrogens with two attached hydrogens (primary N) is 2. The molecule has 1 unspecified atom stereocenters. The normalized spacial score (nSPS) is 13.9. The van der Waals surface area contributed by atoms with E-state index < -0.39 is 0 Å². The molecule has 0 saturated carbocycles. The lowest BCUT2D eigenvalue weighted by Gasteiger charge is -2.09. The SMILES string of the molecule is CCC(N)C=C(CCN)c1ccccc1. The van der Waals surface area contributed by atoms with E-state index in [4.69, 9.17) is 11.5 Å². The van der Waals surface area contributed by atoms with Crippen molar-refractivity contribution >= 4 is 5.57 Å². The van der Waals surface area contributed by atoms with E-state index in [0.29, 0.717) is 6.54 Å². The fourth-order valence-corrected chi connectivity index (χ4v) is 1.51. The predicted octanol–water partition coefficient (Wildman–Crippen LogP) is 2.16. The first-order valence-electron chi connectivity index (χ1n) is 5.49. The van der Waals surface area contributed by atoms with E-state index in [2.05, 4.69) is 25.1 Å². The average molecular weight is 204 g/mol. The Hall–Kier alpha value is -1.12. The topological polar surface area (TPSA) is 52.0 Å². The standard InChI is InChI=1S/C13H20N2/c1-2-13(15)10-12(8-9-14)11-6-4-3-5-7-11/h3-7,10,13H,2,8-9,14-15H2,1H3. The summed E-state index contributed by atoms with van der Waals surface area (Å²) in [6.07, 6.45) is 3.97. The summed E-state index contributed by atoms with van der Waals surface area (Å²) in [5, 5.41) is 0. The number of benzene rings is 1. The van der Waals surface area contributed by atoms with E-state index in [1.807, 2.05) is 18.2 Å². The molecular formula is C13H20N2. The van der Waals surface area contributed by atoms with Crippen molar-refractivity contribution in [2.45, 2.75) is 25.8 Å². The van der Waals surface area contributed by atoms with E-state index in [9.17, 15) is 0 Å². The van der Waals surface area contributed by atoms with Crippen LogP contribution in [0.4, 0.5) is 0 Å². The first-order chi connectivity index (χ1) is 7.27. The molecule has 0 radical (unpaired) electrons. The summed E-state index contributed by atoms with van der Waals surface area (Å²) in [6, 6.07) is 10.4. The molecule has 0 heterocycles. The van der Waals surface area contributed by atoms with Gasteiger partial charge in [0.25, 0.3) is 0 Å². The van der Waals surface area contributed by atoms with Crippen LogP contribution in [-0.4, -0.2) is 12.6 Å². The zero-order valence-corrected chi connectivity index (χ0v) is 9.32. The van der Waals surface area contributed by atoms with E-state index >= 15 is 0 Å². The molecule has 0 aliphatic rings. The predicted molar refractivity (Wildman–Crippen MR) is 66.4 cm³/mol. The quantitative estimate of drug-likeness (QED) is 0.772. The third kappa shape index (κ3) is 3.86. The van der Waals surface area contributed by atoms with Crippen LogP contribution < -0.4 is 11.5 Å². The summed E-state index contributed by atoms with van der Waals surface area (Å²) in [6.45, 7) is 2.75. The van der Waals surface area contributed by atoms with Crippen molar-refractivity contribution in [2.75, 3.05) is 6.54 Å². The van der Waals surface area contributed by atoms with Crippen molar-refractivity contribution in [3.63, 3.8) is 0 Å². The van der Waals surface area contributed by atoms with E-state index in [1.165, 1.54) is 11.1 Å². The van der Waals surface area contributed by atoms with Crippen LogP contribution in [0, 0.1) is 0 Å². The molecule has 1 aromatic rings. The average Bonchev–Trinajstić information content (AvgIpc) is 2.29. The molecule has 1 rings (SSSR count). The zero-order valence-electron chi connectivity index (χ0n) is 9.32. The lowest BCUT2D eigenvalue weighted by atomic mass is 10.00. The van der Waals surface area contributed by atoms with Crippen molar-refractivity contribution in [1.82, 2.24) is 0 Å². The number of rotatable bonds is 5. The van der Waals surface area contributed by atoms with Crippen molar-refractivity contribution in [3.05, 3.63) is 42.0 Å². The number of hydrogen-bond donors (Lipinski definition) is 2. The molecule has 0 aliphatic heterocycles. The third-order valence-corrected chi connectivity index (χ3v) is 2.44. The maximum Gasteiger partial charge on any atom is 0.0226 e. The highest BCUT2D eigenvalue weighted by Crippen LogP contribution is 2.18. The fraction of sp³-hybridized carbons (Fsp3) is 0.385. The van der Waals surface area contributed by atoms with Crippen LogP contribution in [0.2, 0.25) is 0 Å². The monoisotopic (exact) mass is 204 g/mol. The minimum atomic E-state index is 0.131. The Morgan fingerprint density at radius 2 is 2.00 bits per heavy atom. The largest absolute Gasteiger partial charge is 0.330 e. The lowest BCUT2D eigenvalue weighted by Crippen LogP contribution is -2.16. The van der Waals surface area contributed by atoms with Gasteiger partial charge in [0.2, 0.25) is 0 Å². The summed E-state index contributed by atoms with van der Waals surface area (Å²) < 4.78 is 0. The first kappa shape index (κ1) is 12.0. The van der Waals surface area contributed by atoms with Gasteiger partial charge in [0.15, 0.2) is 0 Å².